The number of carbonyl (C=O) groups is 1. The summed E-state index contributed by atoms with van der Waals surface area (Å²) in [6.07, 6.45) is 1.81. The average molecular weight is 508 g/mol. The molecule has 1 heterocycles. The first-order chi connectivity index (χ1) is 16.7. The van der Waals surface area contributed by atoms with Crippen LogP contribution < -0.4 is 16.0 Å². The van der Waals surface area contributed by atoms with Crippen LogP contribution in [0.3, 0.4) is 0 Å². The fraction of sp³-hybridized carbons (Fsp3) is 0.522. The zero-order valence-corrected chi connectivity index (χ0v) is 20.5. The third-order valence-electron chi connectivity index (χ3n) is 5.99. The molecule has 1 saturated carbocycles. The second kappa shape index (κ2) is 11.8. The van der Waals surface area contributed by atoms with Crippen LogP contribution in [-0.2, 0) is 14.6 Å². The summed E-state index contributed by atoms with van der Waals surface area (Å²) < 4.78 is 25.3. The Bertz CT molecular complexity index is 1110. The van der Waals surface area contributed by atoms with Gasteiger partial charge in [-0.05, 0) is 56.9 Å². The number of sulfone groups is 1. The number of aliphatic hydroxyl groups excluding tert-OH is 3. The predicted octanol–water partition coefficient (Wildman–Crippen LogP) is 1.23. The zero-order chi connectivity index (χ0) is 25.5. The second-order valence-corrected chi connectivity index (χ2v) is 11.0. The van der Waals surface area contributed by atoms with Gasteiger partial charge in [0.05, 0.1) is 30.7 Å². The van der Waals surface area contributed by atoms with Crippen molar-refractivity contribution < 1.29 is 28.5 Å². The van der Waals surface area contributed by atoms with Crippen LogP contribution in [0, 0.1) is 0 Å². The van der Waals surface area contributed by atoms with Gasteiger partial charge in [-0.15, -0.1) is 0 Å². The van der Waals surface area contributed by atoms with E-state index in [2.05, 4.69) is 25.9 Å². The number of aliphatic hydroxyl groups is 3. The maximum atomic E-state index is 13.2. The van der Waals surface area contributed by atoms with Crippen LogP contribution in [0.4, 0.5) is 16.3 Å². The highest BCUT2D eigenvalue weighted by Crippen LogP contribution is 2.48. The van der Waals surface area contributed by atoms with E-state index >= 15 is 0 Å². The number of hydrogen-bond donors (Lipinski definition) is 6. The number of amides is 2. The van der Waals surface area contributed by atoms with Gasteiger partial charge < -0.3 is 31.3 Å². The lowest BCUT2D eigenvalue weighted by Crippen LogP contribution is -2.44. The lowest BCUT2D eigenvalue weighted by molar-refractivity contribution is 0.229. The van der Waals surface area contributed by atoms with Crippen LogP contribution in [0.2, 0.25) is 0 Å². The van der Waals surface area contributed by atoms with Crippen molar-refractivity contribution in [1.82, 2.24) is 15.3 Å². The Morgan fingerprint density at radius 1 is 1.11 bits per heavy atom. The van der Waals surface area contributed by atoms with Crippen LogP contribution in [0.25, 0.3) is 11.4 Å². The number of aromatic nitrogens is 2. The minimum Gasteiger partial charge on any atom is -0.396 e. The van der Waals surface area contributed by atoms with Crippen molar-refractivity contribution in [3.8, 4) is 11.4 Å². The number of carbonyl (C=O) groups excluding carboxylic acids is 1. The molecule has 1 aromatic heterocycles. The van der Waals surface area contributed by atoms with Crippen molar-refractivity contribution in [3.63, 3.8) is 0 Å². The molecule has 6 N–H and O–H groups in total. The summed E-state index contributed by atoms with van der Waals surface area (Å²) in [5.41, 5.74) is 1.54. The lowest BCUT2D eigenvalue weighted by Gasteiger charge is -2.40. The van der Waals surface area contributed by atoms with Crippen molar-refractivity contribution in [2.24, 2.45) is 0 Å². The average Bonchev–Trinajstić information content (AvgIpc) is 2.80. The number of anilines is 2. The van der Waals surface area contributed by atoms with Gasteiger partial charge in [-0.3, -0.25) is 0 Å². The van der Waals surface area contributed by atoms with E-state index < -0.39 is 20.6 Å². The smallest absolute Gasteiger partial charge is 0.319 e. The van der Waals surface area contributed by atoms with Gasteiger partial charge >= 0.3 is 6.03 Å². The number of rotatable bonds is 12. The minimum absolute atomic E-state index is 0.119. The highest BCUT2D eigenvalue weighted by Gasteiger charge is 2.51. The lowest BCUT2D eigenvalue weighted by atomic mass is 9.81. The van der Waals surface area contributed by atoms with Crippen LogP contribution in [0.1, 0.15) is 38.3 Å². The molecule has 2 aromatic rings. The molecule has 0 bridgehead atoms. The molecule has 192 valence electrons. The summed E-state index contributed by atoms with van der Waals surface area (Å²) in [5.74, 6) is 0.596. The van der Waals surface area contributed by atoms with Crippen molar-refractivity contribution in [2.45, 2.75) is 43.4 Å². The fourth-order valence-electron chi connectivity index (χ4n) is 3.90. The molecule has 2 amide bonds. The van der Waals surface area contributed by atoms with Crippen LogP contribution in [-0.4, -0.2) is 77.9 Å². The molecule has 0 unspecified atom stereocenters. The van der Waals surface area contributed by atoms with E-state index in [9.17, 15) is 18.3 Å². The van der Waals surface area contributed by atoms with Gasteiger partial charge in [0.2, 0.25) is 0 Å². The summed E-state index contributed by atoms with van der Waals surface area (Å²) in [7, 11) is -3.57. The monoisotopic (exact) mass is 507 g/mol. The molecule has 35 heavy (non-hydrogen) atoms. The van der Waals surface area contributed by atoms with Crippen LogP contribution >= 0.6 is 0 Å². The van der Waals surface area contributed by atoms with E-state index in [1.165, 1.54) is 0 Å². The van der Waals surface area contributed by atoms with Crippen molar-refractivity contribution in [3.05, 3.63) is 36.0 Å². The quantitative estimate of drug-likeness (QED) is 0.247. The molecule has 0 saturated heterocycles. The Balaban J connectivity index is 1.92. The molecule has 1 fully saturated rings. The zero-order valence-electron chi connectivity index (χ0n) is 19.7. The largest absolute Gasteiger partial charge is 0.396 e. The summed E-state index contributed by atoms with van der Waals surface area (Å²) in [6, 6.07) is 7.56. The molecule has 1 atom stereocenters. The minimum atomic E-state index is -3.57. The Morgan fingerprint density at radius 3 is 2.40 bits per heavy atom. The summed E-state index contributed by atoms with van der Waals surface area (Å²) in [4.78, 5) is 21.1. The molecule has 1 aromatic carbocycles. The Kier molecular flexibility index (Phi) is 9.00. The molecule has 12 heteroatoms. The van der Waals surface area contributed by atoms with Gasteiger partial charge in [0.1, 0.15) is 10.6 Å². The van der Waals surface area contributed by atoms with Crippen molar-refractivity contribution in [2.75, 3.05) is 42.8 Å². The predicted molar refractivity (Wildman–Crippen MR) is 133 cm³/mol. The number of hydrogen-bond acceptors (Lipinski definition) is 9. The van der Waals surface area contributed by atoms with E-state index in [1.807, 2.05) is 0 Å². The van der Waals surface area contributed by atoms with E-state index in [-0.39, 0.29) is 44.6 Å². The van der Waals surface area contributed by atoms with Gasteiger partial charge in [0.15, 0.2) is 15.7 Å². The first-order valence-electron chi connectivity index (χ1n) is 11.6. The van der Waals surface area contributed by atoms with E-state index in [0.29, 0.717) is 41.4 Å². The molecule has 1 aliphatic carbocycles. The topological polar surface area (TPSA) is 174 Å². The standard InChI is InChI=1S/C23H33N5O6S/c1-16(15-31)25-22(32)26-18-6-4-17(5-7-18)21-27-19(14-20(28-21)24-10-12-30)23(8-2-9-23)35(33,34)13-3-11-29/h4-7,14,16,29-31H,2-3,8-13,15H2,1H3,(H,24,27,28)(H2,25,26,32)/t16-/m1/s1. The van der Waals surface area contributed by atoms with Crippen LogP contribution in [0.15, 0.2) is 30.3 Å². The van der Waals surface area contributed by atoms with Gasteiger partial charge in [0.25, 0.3) is 0 Å². The highest BCUT2D eigenvalue weighted by atomic mass is 32.2. The van der Waals surface area contributed by atoms with Crippen molar-refractivity contribution >= 4 is 27.4 Å². The second-order valence-electron chi connectivity index (χ2n) is 8.62. The molecule has 11 nitrogen and oxygen atoms in total. The maximum absolute atomic E-state index is 13.2. The van der Waals surface area contributed by atoms with E-state index in [1.54, 1.807) is 37.3 Å². The number of urea groups is 1. The van der Waals surface area contributed by atoms with Gasteiger partial charge in [-0.2, -0.15) is 0 Å². The van der Waals surface area contributed by atoms with Crippen molar-refractivity contribution in [1.29, 1.82) is 0 Å². The maximum Gasteiger partial charge on any atom is 0.319 e. The normalized spacial score (nSPS) is 15.7. The fourth-order valence-corrected chi connectivity index (χ4v) is 6.13. The summed E-state index contributed by atoms with van der Waals surface area (Å²) in [5, 5.41) is 35.7. The molecule has 0 radical (unpaired) electrons. The SMILES string of the molecule is C[C@H](CO)NC(=O)Nc1ccc(-c2nc(NCCO)cc(C3(S(=O)(=O)CCCO)CCC3)n2)cc1. The third kappa shape index (κ3) is 6.26. The number of nitrogens with one attached hydrogen (secondary N) is 3. The summed E-state index contributed by atoms with van der Waals surface area (Å²) >= 11 is 0. The number of benzene rings is 1. The van der Waals surface area contributed by atoms with E-state index in [0.717, 1.165) is 6.42 Å². The van der Waals surface area contributed by atoms with E-state index in [4.69, 9.17) is 10.2 Å². The Labute approximate surface area is 204 Å². The molecule has 0 aliphatic heterocycles. The van der Waals surface area contributed by atoms with Crippen LogP contribution in [0.5, 0.6) is 0 Å². The molecule has 1 aliphatic rings. The first kappa shape index (κ1) is 26.8. The Hall–Kier alpha value is -2.80. The molecule has 0 spiro atoms. The molecule has 3 rings (SSSR count). The molecular formula is C23H33N5O6S. The van der Waals surface area contributed by atoms with Gasteiger partial charge in [-0.25, -0.2) is 23.2 Å². The van der Waals surface area contributed by atoms with Gasteiger partial charge in [0, 0.05) is 30.5 Å². The first-order valence-corrected chi connectivity index (χ1v) is 13.3. The summed E-state index contributed by atoms with van der Waals surface area (Å²) in [6.45, 7) is 1.42. The van der Waals surface area contributed by atoms with Gasteiger partial charge in [-0.1, -0.05) is 0 Å². The Morgan fingerprint density at radius 2 is 1.83 bits per heavy atom. The number of nitrogens with zero attached hydrogens (tertiary/aromatic N) is 2. The molecular weight excluding hydrogens is 474 g/mol. The third-order valence-corrected chi connectivity index (χ3v) is 8.63. The highest BCUT2D eigenvalue weighted by molar-refractivity contribution is 7.92.